The quantitative estimate of drug-likeness (QED) is 0.325. The minimum absolute atomic E-state index is 0.0909. The van der Waals surface area contributed by atoms with Gasteiger partial charge < -0.3 is 9.52 Å². The number of furan rings is 1. The Morgan fingerprint density at radius 3 is 2.00 bits per heavy atom. The molecule has 6 rings (SSSR count). The summed E-state index contributed by atoms with van der Waals surface area (Å²) in [7, 11) is 0. The summed E-state index contributed by atoms with van der Waals surface area (Å²) in [5, 5.41) is 11.1. The highest BCUT2D eigenvalue weighted by Gasteiger charge is 2.19. The third kappa shape index (κ3) is 3.63. The first-order chi connectivity index (χ1) is 16.8. The predicted molar refractivity (Wildman–Crippen MR) is 132 cm³/mol. The fourth-order valence-corrected chi connectivity index (χ4v) is 4.17. The van der Waals surface area contributed by atoms with Gasteiger partial charge in [-0.15, -0.1) is 0 Å². The maximum absolute atomic E-state index is 11.1. The number of aromatic nitrogens is 3. The van der Waals surface area contributed by atoms with Crippen molar-refractivity contribution in [2.24, 2.45) is 0 Å². The summed E-state index contributed by atoms with van der Waals surface area (Å²) in [5.74, 6) is 0.830. The summed E-state index contributed by atoms with van der Waals surface area (Å²) in [6.45, 7) is 0. The van der Waals surface area contributed by atoms with Crippen molar-refractivity contribution in [3.8, 4) is 39.5 Å². The Morgan fingerprint density at radius 1 is 0.676 bits per heavy atom. The van der Waals surface area contributed by atoms with Gasteiger partial charge in [0.2, 0.25) is 5.88 Å². The van der Waals surface area contributed by atoms with Gasteiger partial charge in [0.1, 0.15) is 17.1 Å². The Labute approximate surface area is 196 Å². The molecule has 3 heterocycles. The van der Waals surface area contributed by atoms with E-state index < -0.39 is 0 Å². The standard InChI is InChI=1S/C29H21N3O2/c33-29-25(18-24-12-7-17-34-24)31-28-27(30-26(19-32(28)29)22-10-5-2-6-11-22)23-15-13-21(14-16-23)20-8-3-1-4-9-20/h1-17,19,33H,18H2. The van der Waals surface area contributed by atoms with E-state index in [4.69, 9.17) is 14.4 Å². The third-order valence-electron chi connectivity index (χ3n) is 5.91. The molecule has 0 bridgehead atoms. The summed E-state index contributed by atoms with van der Waals surface area (Å²) in [6, 6.07) is 32.2. The van der Waals surface area contributed by atoms with Crippen LogP contribution < -0.4 is 0 Å². The van der Waals surface area contributed by atoms with Crippen LogP contribution in [0.15, 0.2) is 114 Å². The Kier molecular flexibility index (Phi) is 4.92. The van der Waals surface area contributed by atoms with Crippen molar-refractivity contribution in [3.63, 3.8) is 0 Å². The first-order valence-electron chi connectivity index (χ1n) is 11.1. The van der Waals surface area contributed by atoms with E-state index in [1.807, 2.05) is 66.9 Å². The average molecular weight is 444 g/mol. The Hall–Kier alpha value is -4.64. The van der Waals surface area contributed by atoms with Crippen LogP contribution in [0, 0.1) is 0 Å². The average Bonchev–Trinajstić information content (AvgIpc) is 3.53. The van der Waals surface area contributed by atoms with Crippen LogP contribution in [0.4, 0.5) is 0 Å². The summed E-state index contributed by atoms with van der Waals surface area (Å²) in [4.78, 5) is 9.75. The fourth-order valence-electron chi connectivity index (χ4n) is 4.17. The molecule has 0 aliphatic carbocycles. The van der Waals surface area contributed by atoms with Crippen molar-refractivity contribution in [1.82, 2.24) is 14.4 Å². The molecule has 3 aromatic heterocycles. The van der Waals surface area contributed by atoms with E-state index in [1.165, 1.54) is 0 Å². The molecule has 0 fully saturated rings. The van der Waals surface area contributed by atoms with Gasteiger partial charge in [-0.1, -0.05) is 84.9 Å². The number of hydrogen-bond donors (Lipinski definition) is 1. The summed E-state index contributed by atoms with van der Waals surface area (Å²) in [5.41, 5.74) is 6.79. The fraction of sp³-hybridized carbons (Fsp3) is 0.0345. The maximum atomic E-state index is 11.1. The van der Waals surface area contributed by atoms with E-state index in [-0.39, 0.29) is 5.88 Å². The Bertz CT molecular complexity index is 1550. The Balaban J connectivity index is 1.51. The van der Waals surface area contributed by atoms with Crippen molar-refractivity contribution in [2.75, 3.05) is 0 Å². The van der Waals surface area contributed by atoms with Gasteiger partial charge >= 0.3 is 0 Å². The normalized spacial score (nSPS) is 11.2. The number of fused-ring (bicyclic) bond motifs is 1. The number of nitrogens with zero attached hydrogens (tertiary/aromatic N) is 3. The van der Waals surface area contributed by atoms with Crippen LogP contribution >= 0.6 is 0 Å². The lowest BCUT2D eigenvalue weighted by Gasteiger charge is -2.09. The smallest absolute Gasteiger partial charge is 0.219 e. The van der Waals surface area contributed by atoms with Crippen LogP contribution in [-0.4, -0.2) is 19.5 Å². The minimum atomic E-state index is 0.0909. The van der Waals surface area contributed by atoms with Crippen molar-refractivity contribution >= 4 is 5.65 Å². The molecule has 0 saturated heterocycles. The molecule has 0 amide bonds. The lowest BCUT2D eigenvalue weighted by Crippen LogP contribution is -1.96. The monoisotopic (exact) mass is 443 g/mol. The van der Waals surface area contributed by atoms with Crippen molar-refractivity contribution in [1.29, 1.82) is 0 Å². The second-order valence-corrected chi connectivity index (χ2v) is 8.12. The number of imidazole rings is 1. The lowest BCUT2D eigenvalue weighted by atomic mass is 10.0. The predicted octanol–water partition coefficient (Wildman–Crippen LogP) is 6.62. The van der Waals surface area contributed by atoms with Gasteiger partial charge in [-0.05, 0) is 23.3 Å². The molecule has 0 unspecified atom stereocenters. The van der Waals surface area contributed by atoms with Gasteiger partial charge in [0.25, 0.3) is 0 Å². The Morgan fingerprint density at radius 2 is 1.32 bits per heavy atom. The maximum Gasteiger partial charge on any atom is 0.219 e. The van der Waals surface area contributed by atoms with Crippen LogP contribution in [0.2, 0.25) is 0 Å². The lowest BCUT2D eigenvalue weighted by molar-refractivity contribution is 0.438. The second kappa shape index (κ2) is 8.37. The molecule has 0 radical (unpaired) electrons. The van der Waals surface area contributed by atoms with E-state index in [0.29, 0.717) is 23.5 Å². The molecule has 0 atom stereocenters. The molecule has 164 valence electrons. The molecule has 0 spiro atoms. The first kappa shape index (κ1) is 20.0. The topological polar surface area (TPSA) is 63.6 Å². The SMILES string of the molecule is Oc1c(Cc2ccco2)nc2c(-c3ccc(-c4ccccc4)cc3)nc(-c3ccccc3)cn12. The molecule has 5 heteroatoms. The van der Waals surface area contributed by atoms with E-state index in [2.05, 4.69) is 36.4 Å². The molecule has 0 aliphatic heterocycles. The van der Waals surface area contributed by atoms with Crippen molar-refractivity contribution < 1.29 is 9.52 Å². The molecule has 0 aliphatic rings. The zero-order valence-corrected chi connectivity index (χ0v) is 18.3. The second-order valence-electron chi connectivity index (χ2n) is 8.12. The number of rotatable bonds is 5. The van der Waals surface area contributed by atoms with E-state index in [0.717, 1.165) is 33.7 Å². The molecule has 5 nitrogen and oxygen atoms in total. The van der Waals surface area contributed by atoms with Gasteiger partial charge in [-0.3, -0.25) is 4.40 Å². The molecule has 6 aromatic rings. The molecule has 34 heavy (non-hydrogen) atoms. The molecule has 1 N–H and O–H groups in total. The highest BCUT2D eigenvalue weighted by Crippen LogP contribution is 2.32. The summed E-state index contributed by atoms with van der Waals surface area (Å²) >= 11 is 0. The number of aromatic hydroxyl groups is 1. The zero-order chi connectivity index (χ0) is 22.9. The molecular weight excluding hydrogens is 422 g/mol. The minimum Gasteiger partial charge on any atom is -0.493 e. The number of benzene rings is 3. The largest absolute Gasteiger partial charge is 0.493 e. The van der Waals surface area contributed by atoms with Crippen molar-refractivity contribution in [3.05, 3.63) is 121 Å². The number of hydrogen-bond acceptors (Lipinski definition) is 4. The van der Waals surface area contributed by atoms with Gasteiger partial charge in [0.05, 0.1) is 18.4 Å². The highest BCUT2D eigenvalue weighted by atomic mass is 16.3. The summed E-state index contributed by atoms with van der Waals surface area (Å²) < 4.78 is 7.19. The zero-order valence-electron chi connectivity index (χ0n) is 18.3. The molecule has 0 saturated carbocycles. The third-order valence-corrected chi connectivity index (χ3v) is 5.91. The summed E-state index contributed by atoms with van der Waals surface area (Å²) in [6.07, 6.45) is 3.85. The molecule has 3 aromatic carbocycles. The van der Waals surface area contributed by atoms with Crippen LogP contribution in [0.5, 0.6) is 5.88 Å². The van der Waals surface area contributed by atoms with Gasteiger partial charge in [0, 0.05) is 17.3 Å². The van der Waals surface area contributed by atoms with Crippen molar-refractivity contribution in [2.45, 2.75) is 6.42 Å². The first-order valence-corrected chi connectivity index (χ1v) is 11.1. The van der Waals surface area contributed by atoms with Gasteiger partial charge in [-0.2, -0.15) is 0 Å². The van der Waals surface area contributed by atoms with Crippen LogP contribution in [0.3, 0.4) is 0 Å². The van der Waals surface area contributed by atoms with Crippen LogP contribution in [-0.2, 0) is 6.42 Å². The van der Waals surface area contributed by atoms with E-state index in [9.17, 15) is 5.11 Å². The van der Waals surface area contributed by atoms with E-state index in [1.54, 1.807) is 10.7 Å². The highest BCUT2D eigenvalue weighted by molar-refractivity contribution is 5.79. The van der Waals surface area contributed by atoms with E-state index >= 15 is 0 Å². The van der Waals surface area contributed by atoms with Crippen LogP contribution in [0.1, 0.15) is 11.5 Å². The molecular formula is C29H21N3O2. The van der Waals surface area contributed by atoms with Crippen LogP contribution in [0.25, 0.3) is 39.3 Å². The van der Waals surface area contributed by atoms with Gasteiger partial charge in [-0.25, -0.2) is 9.97 Å². The van der Waals surface area contributed by atoms with Gasteiger partial charge in [0.15, 0.2) is 5.65 Å².